The molecule has 1 heterocycles. The van der Waals surface area contributed by atoms with E-state index in [2.05, 4.69) is 170 Å². The summed E-state index contributed by atoms with van der Waals surface area (Å²) in [5.74, 6) is 0. The molecule has 8 aromatic carbocycles. The maximum atomic E-state index is 2.43. The summed E-state index contributed by atoms with van der Waals surface area (Å²) in [7, 11) is 0. The Labute approximate surface area is 268 Å². The Bertz CT molecular complexity index is 2480. The minimum absolute atomic E-state index is 0.250. The minimum atomic E-state index is 0.250. The summed E-state index contributed by atoms with van der Waals surface area (Å²) in [6.07, 6.45) is 0. The second-order valence-electron chi connectivity index (χ2n) is 11.7. The van der Waals surface area contributed by atoms with Gasteiger partial charge in [-0.25, -0.2) is 0 Å². The van der Waals surface area contributed by atoms with Gasteiger partial charge in [0.15, 0.2) is 0 Å². The van der Waals surface area contributed by atoms with Crippen molar-refractivity contribution >= 4 is 56.5 Å². The topological polar surface area (TPSA) is 0 Å². The molecule has 0 spiro atoms. The molecular weight excluding hydrogens is 607 g/mol. The molecule has 0 bridgehead atoms. The van der Waals surface area contributed by atoms with Crippen molar-refractivity contribution in [2.45, 2.75) is 0 Å². The molecule has 0 atom stereocenters. The third-order valence-corrected chi connectivity index (χ3v) is 11.6. The Hall–Kier alpha value is -5.20. The summed E-state index contributed by atoms with van der Waals surface area (Å²) in [5.41, 5.74) is 8.97. The molecule has 0 fully saturated rings. The van der Waals surface area contributed by atoms with Crippen LogP contribution in [0.2, 0.25) is 0 Å². The van der Waals surface area contributed by atoms with Crippen LogP contribution in [0.1, 0.15) is 0 Å². The van der Waals surface area contributed by atoms with Gasteiger partial charge < -0.3 is 0 Å². The predicted octanol–water partition coefficient (Wildman–Crippen LogP) is 12.0. The Morgan fingerprint density at radius 3 is 1.33 bits per heavy atom. The van der Waals surface area contributed by atoms with Crippen LogP contribution in [-0.4, -0.2) is 14.5 Å². The maximum absolute atomic E-state index is 2.43. The molecular formula is C44H28Se. The van der Waals surface area contributed by atoms with Gasteiger partial charge in [0.2, 0.25) is 0 Å². The molecule has 0 aliphatic rings. The Kier molecular flexibility index (Phi) is 6.27. The molecule has 0 amide bonds. The molecule has 0 unspecified atom stereocenters. The van der Waals surface area contributed by atoms with Crippen LogP contribution < -0.4 is 0 Å². The molecule has 1 heteroatoms. The number of rotatable bonds is 4. The summed E-state index contributed by atoms with van der Waals surface area (Å²) in [4.78, 5) is 0. The van der Waals surface area contributed by atoms with E-state index < -0.39 is 0 Å². The molecule has 9 rings (SSSR count). The van der Waals surface area contributed by atoms with E-state index in [-0.39, 0.29) is 14.5 Å². The van der Waals surface area contributed by atoms with E-state index in [1.165, 1.54) is 85.3 Å². The first kappa shape index (κ1) is 26.2. The zero-order valence-electron chi connectivity index (χ0n) is 24.6. The fraction of sp³-hybridized carbons (Fsp3) is 0. The summed E-state index contributed by atoms with van der Waals surface area (Å²) < 4.78 is 2.92. The fourth-order valence-electron chi connectivity index (χ4n) is 6.93. The van der Waals surface area contributed by atoms with E-state index in [9.17, 15) is 0 Å². The van der Waals surface area contributed by atoms with Crippen LogP contribution in [0.25, 0.3) is 85.3 Å². The molecule has 45 heavy (non-hydrogen) atoms. The van der Waals surface area contributed by atoms with Crippen molar-refractivity contribution in [2.75, 3.05) is 0 Å². The van der Waals surface area contributed by atoms with Gasteiger partial charge in [0.1, 0.15) is 0 Å². The van der Waals surface area contributed by atoms with Crippen molar-refractivity contribution < 1.29 is 0 Å². The molecule has 9 aromatic rings. The van der Waals surface area contributed by atoms with Crippen molar-refractivity contribution in [3.8, 4) is 43.4 Å². The average molecular weight is 636 g/mol. The summed E-state index contributed by atoms with van der Waals surface area (Å²) in [6, 6.07) is 62.6. The number of benzene rings is 8. The first-order chi connectivity index (χ1) is 22.3. The van der Waals surface area contributed by atoms with E-state index in [1.54, 1.807) is 0 Å². The number of fused-ring (bicyclic) bond motifs is 7. The monoisotopic (exact) mass is 636 g/mol. The predicted molar refractivity (Wildman–Crippen MR) is 195 cm³/mol. The van der Waals surface area contributed by atoms with Crippen molar-refractivity contribution in [1.29, 1.82) is 0 Å². The zero-order chi connectivity index (χ0) is 29.7. The first-order valence-corrected chi connectivity index (χ1v) is 17.1. The molecule has 0 saturated heterocycles. The van der Waals surface area contributed by atoms with Crippen LogP contribution in [0.4, 0.5) is 0 Å². The number of hydrogen-bond donors (Lipinski definition) is 0. The third kappa shape index (κ3) is 4.44. The second kappa shape index (κ2) is 10.8. The van der Waals surface area contributed by atoms with Gasteiger partial charge in [0.25, 0.3) is 0 Å². The van der Waals surface area contributed by atoms with Crippen molar-refractivity contribution in [3.63, 3.8) is 0 Å². The SMILES string of the molecule is c1ccc(-c2[se]c3ccc(-c4cccc(-c5ccc6c7ccccc7c7ccccc7c6c5)c4)cc3c2-c2ccccc2)cc1. The van der Waals surface area contributed by atoms with Crippen molar-refractivity contribution in [2.24, 2.45) is 0 Å². The quantitative estimate of drug-likeness (QED) is 0.133. The van der Waals surface area contributed by atoms with Crippen LogP contribution in [-0.2, 0) is 0 Å². The molecule has 0 aliphatic carbocycles. The van der Waals surface area contributed by atoms with E-state index in [0.717, 1.165) is 0 Å². The van der Waals surface area contributed by atoms with Crippen LogP contribution in [0.15, 0.2) is 170 Å². The molecule has 0 radical (unpaired) electrons. The van der Waals surface area contributed by atoms with Gasteiger partial charge in [-0.3, -0.25) is 0 Å². The third-order valence-electron chi connectivity index (χ3n) is 9.06. The van der Waals surface area contributed by atoms with Crippen LogP contribution in [0.3, 0.4) is 0 Å². The number of hydrogen-bond acceptors (Lipinski definition) is 0. The van der Waals surface area contributed by atoms with Crippen LogP contribution in [0.5, 0.6) is 0 Å². The van der Waals surface area contributed by atoms with Gasteiger partial charge >= 0.3 is 222 Å². The van der Waals surface area contributed by atoms with Crippen molar-refractivity contribution in [1.82, 2.24) is 0 Å². The summed E-state index contributed by atoms with van der Waals surface area (Å²) >= 11 is 0.250. The Morgan fingerprint density at radius 2 is 0.711 bits per heavy atom. The van der Waals surface area contributed by atoms with Crippen LogP contribution >= 0.6 is 0 Å². The summed E-state index contributed by atoms with van der Waals surface area (Å²) in [6.45, 7) is 0. The standard InChI is InChI=1S/C44H28Se/c1-3-12-29(13-4-1)43-41-28-34(23-25-42(41)45-44(43)30-14-5-2-6-15-30)32-17-11-16-31(26-32)33-22-24-39-37-20-8-7-18-35(37)36-19-9-10-21-38(36)40(39)27-33/h1-28H. The Morgan fingerprint density at radius 1 is 0.267 bits per heavy atom. The zero-order valence-corrected chi connectivity index (χ0v) is 26.3. The van der Waals surface area contributed by atoms with Gasteiger partial charge in [0.05, 0.1) is 0 Å². The van der Waals surface area contributed by atoms with E-state index in [1.807, 2.05) is 0 Å². The molecule has 1 aromatic heterocycles. The van der Waals surface area contributed by atoms with Gasteiger partial charge in [-0.15, -0.1) is 0 Å². The second-order valence-corrected chi connectivity index (χ2v) is 13.9. The summed E-state index contributed by atoms with van der Waals surface area (Å²) in [5, 5.41) is 9.21. The van der Waals surface area contributed by atoms with E-state index in [0.29, 0.717) is 0 Å². The van der Waals surface area contributed by atoms with Gasteiger partial charge in [-0.05, 0) is 5.39 Å². The average Bonchev–Trinajstić information content (AvgIpc) is 3.51. The van der Waals surface area contributed by atoms with E-state index >= 15 is 0 Å². The van der Waals surface area contributed by atoms with Gasteiger partial charge in [-0.2, -0.15) is 0 Å². The van der Waals surface area contributed by atoms with Crippen molar-refractivity contribution in [3.05, 3.63) is 170 Å². The molecule has 0 saturated carbocycles. The van der Waals surface area contributed by atoms with E-state index in [4.69, 9.17) is 0 Å². The Balaban J connectivity index is 1.20. The van der Waals surface area contributed by atoms with Gasteiger partial charge in [0, 0.05) is 0 Å². The molecule has 210 valence electrons. The van der Waals surface area contributed by atoms with Gasteiger partial charge in [-0.1, -0.05) is 42.5 Å². The molecule has 0 N–H and O–H groups in total. The first-order valence-electron chi connectivity index (χ1n) is 15.4. The van der Waals surface area contributed by atoms with Crippen LogP contribution in [0, 0.1) is 0 Å². The molecule has 0 aliphatic heterocycles. The fourth-order valence-corrected chi connectivity index (χ4v) is 9.47. The molecule has 0 nitrogen and oxygen atoms in total. The normalized spacial score (nSPS) is 11.6.